The molecule has 5 heteroatoms. The van der Waals surface area contributed by atoms with Crippen molar-refractivity contribution in [3.63, 3.8) is 0 Å². The third kappa shape index (κ3) is 4.01. The lowest BCUT2D eigenvalue weighted by Gasteiger charge is -2.46. The number of carbonyl (C=O) groups excluding carboxylic acids is 1. The maximum absolute atomic E-state index is 13.0. The Kier molecular flexibility index (Phi) is 5.72. The highest BCUT2D eigenvalue weighted by molar-refractivity contribution is 6.30. The number of amides is 1. The molecule has 3 atom stereocenters. The van der Waals surface area contributed by atoms with Gasteiger partial charge in [-0.2, -0.15) is 0 Å². The zero-order valence-corrected chi connectivity index (χ0v) is 16.6. The molecule has 0 aliphatic carbocycles. The van der Waals surface area contributed by atoms with Crippen LogP contribution in [0, 0.1) is 0 Å². The third-order valence-electron chi connectivity index (χ3n) is 5.66. The van der Waals surface area contributed by atoms with E-state index in [1.807, 2.05) is 42.5 Å². The number of piperidine rings is 1. The van der Waals surface area contributed by atoms with Crippen LogP contribution in [0.1, 0.15) is 48.8 Å². The van der Waals surface area contributed by atoms with Crippen LogP contribution in [-0.2, 0) is 9.53 Å². The fourth-order valence-electron chi connectivity index (χ4n) is 4.43. The molecule has 2 aliphatic rings. The number of hydrogen-bond acceptors (Lipinski definition) is 2. The fraction of sp³-hybridized carbons (Fsp3) is 0.409. The van der Waals surface area contributed by atoms with E-state index in [9.17, 15) is 4.79 Å². The molecule has 0 N–H and O–H groups in total. The van der Waals surface area contributed by atoms with Crippen molar-refractivity contribution in [1.82, 2.24) is 4.90 Å². The van der Waals surface area contributed by atoms with Gasteiger partial charge in [-0.1, -0.05) is 47.5 Å². The second-order valence-corrected chi connectivity index (χ2v) is 8.24. The number of likely N-dealkylation sites (tertiary alicyclic amines) is 1. The van der Waals surface area contributed by atoms with E-state index in [2.05, 4.69) is 11.0 Å². The predicted octanol–water partition coefficient (Wildman–Crippen LogP) is 5.62. The first-order valence-corrected chi connectivity index (χ1v) is 10.3. The molecule has 2 saturated heterocycles. The Morgan fingerprint density at radius 2 is 1.78 bits per heavy atom. The molecule has 0 saturated carbocycles. The molecule has 1 amide bonds. The molecule has 0 radical (unpaired) electrons. The van der Waals surface area contributed by atoms with Crippen LogP contribution in [-0.4, -0.2) is 30.1 Å². The second-order valence-electron chi connectivity index (χ2n) is 7.37. The Hall–Kier alpha value is -1.55. The quantitative estimate of drug-likeness (QED) is 0.665. The van der Waals surface area contributed by atoms with Gasteiger partial charge in [0.15, 0.2) is 0 Å². The van der Waals surface area contributed by atoms with Crippen molar-refractivity contribution < 1.29 is 9.53 Å². The minimum atomic E-state index is -0.0336. The van der Waals surface area contributed by atoms with Crippen molar-refractivity contribution in [2.24, 2.45) is 0 Å². The minimum Gasteiger partial charge on any atom is -0.379 e. The molecule has 27 heavy (non-hydrogen) atoms. The van der Waals surface area contributed by atoms with Gasteiger partial charge in [-0.3, -0.25) is 4.79 Å². The van der Waals surface area contributed by atoms with E-state index in [-0.39, 0.29) is 23.9 Å². The van der Waals surface area contributed by atoms with Crippen LogP contribution in [0.4, 0.5) is 0 Å². The van der Waals surface area contributed by atoms with Gasteiger partial charge < -0.3 is 9.64 Å². The highest BCUT2D eigenvalue weighted by Crippen LogP contribution is 2.45. The Balaban J connectivity index is 1.77. The predicted molar refractivity (Wildman–Crippen MR) is 108 cm³/mol. The fourth-order valence-corrected chi connectivity index (χ4v) is 4.75. The summed E-state index contributed by atoms with van der Waals surface area (Å²) in [6, 6.07) is 16.0. The molecule has 0 bridgehead atoms. The minimum absolute atomic E-state index is 0.0336. The van der Waals surface area contributed by atoms with Crippen LogP contribution in [0.3, 0.4) is 0 Å². The Bertz CT molecular complexity index is 802. The number of benzene rings is 2. The summed E-state index contributed by atoms with van der Waals surface area (Å²) in [5.41, 5.74) is 2.29. The Morgan fingerprint density at radius 1 is 0.963 bits per heavy atom. The highest BCUT2D eigenvalue weighted by atomic mass is 35.5. The van der Waals surface area contributed by atoms with Crippen LogP contribution < -0.4 is 0 Å². The molecule has 0 spiro atoms. The molecule has 0 aromatic heterocycles. The lowest BCUT2D eigenvalue weighted by atomic mass is 9.78. The first-order chi connectivity index (χ1) is 13.1. The molecule has 2 unspecified atom stereocenters. The van der Waals surface area contributed by atoms with E-state index < -0.39 is 0 Å². The normalized spacial score (nSPS) is 26.2. The highest BCUT2D eigenvalue weighted by Gasteiger charge is 2.41. The summed E-state index contributed by atoms with van der Waals surface area (Å²) in [4.78, 5) is 15.1. The molecule has 142 valence electrons. The van der Waals surface area contributed by atoms with Crippen molar-refractivity contribution in [3.8, 4) is 0 Å². The lowest BCUT2D eigenvalue weighted by molar-refractivity contribution is -0.144. The van der Waals surface area contributed by atoms with Gasteiger partial charge in [-0.05, 0) is 54.7 Å². The van der Waals surface area contributed by atoms with Crippen LogP contribution in [0.25, 0.3) is 0 Å². The number of hydrogen-bond donors (Lipinski definition) is 0. The second kappa shape index (κ2) is 8.22. The van der Waals surface area contributed by atoms with E-state index >= 15 is 0 Å². The van der Waals surface area contributed by atoms with E-state index in [4.69, 9.17) is 27.9 Å². The molecular weight excluding hydrogens is 381 g/mol. The number of nitrogens with zero attached hydrogens (tertiary/aromatic N) is 1. The number of rotatable bonds is 3. The Labute approximate surface area is 170 Å². The van der Waals surface area contributed by atoms with Crippen molar-refractivity contribution in [1.29, 1.82) is 0 Å². The molecule has 2 fully saturated rings. The summed E-state index contributed by atoms with van der Waals surface area (Å²) < 4.78 is 5.71. The van der Waals surface area contributed by atoms with Gasteiger partial charge in [0.25, 0.3) is 0 Å². The maximum atomic E-state index is 13.0. The molecule has 2 heterocycles. The van der Waals surface area contributed by atoms with Crippen molar-refractivity contribution in [2.45, 2.75) is 43.7 Å². The largest absolute Gasteiger partial charge is 0.379 e. The molecule has 2 aromatic rings. The van der Waals surface area contributed by atoms with Gasteiger partial charge in [0.1, 0.15) is 0 Å². The van der Waals surface area contributed by atoms with Gasteiger partial charge >= 0.3 is 0 Å². The van der Waals surface area contributed by atoms with E-state index in [0.717, 1.165) is 36.5 Å². The summed E-state index contributed by atoms with van der Waals surface area (Å²) in [6.07, 6.45) is 3.34. The molecular formula is C22H23Cl2NO2. The van der Waals surface area contributed by atoms with Crippen LogP contribution in [0.2, 0.25) is 10.0 Å². The maximum Gasteiger partial charge on any atom is 0.223 e. The van der Waals surface area contributed by atoms with Gasteiger partial charge in [0.2, 0.25) is 5.91 Å². The lowest BCUT2D eigenvalue weighted by Crippen LogP contribution is -2.50. The van der Waals surface area contributed by atoms with Gasteiger partial charge in [0, 0.05) is 29.0 Å². The SMILES string of the molecule is O=C1CCC(c2cccc(Cl)c2)[C@@H](c2ccc(Cl)cc2)N1C1CCCOC1. The summed E-state index contributed by atoms with van der Waals surface area (Å²) >= 11 is 12.4. The molecule has 2 aliphatic heterocycles. The van der Waals surface area contributed by atoms with E-state index in [1.54, 1.807) is 0 Å². The standard InChI is InChI=1S/C22H23Cl2NO2/c23-17-8-6-15(7-9-17)22-20(16-3-1-4-18(24)13-16)10-11-21(26)25(22)19-5-2-12-27-14-19/h1,3-4,6-9,13,19-20,22H,2,5,10-12,14H2/t19?,20?,22-/m1/s1. The number of halogens is 2. The summed E-state index contributed by atoms with van der Waals surface area (Å²) in [5.74, 6) is 0.410. The average Bonchev–Trinajstić information content (AvgIpc) is 2.69. The van der Waals surface area contributed by atoms with E-state index in [1.165, 1.54) is 5.56 Å². The smallest absolute Gasteiger partial charge is 0.223 e. The zero-order valence-electron chi connectivity index (χ0n) is 15.1. The van der Waals surface area contributed by atoms with Gasteiger partial charge in [-0.25, -0.2) is 0 Å². The third-order valence-corrected chi connectivity index (χ3v) is 6.14. The molecule has 4 rings (SSSR count). The molecule has 3 nitrogen and oxygen atoms in total. The first kappa shape index (κ1) is 18.8. The summed E-state index contributed by atoms with van der Waals surface area (Å²) in [6.45, 7) is 1.39. The van der Waals surface area contributed by atoms with Crippen LogP contribution >= 0.6 is 23.2 Å². The van der Waals surface area contributed by atoms with Gasteiger partial charge in [-0.15, -0.1) is 0 Å². The van der Waals surface area contributed by atoms with Crippen LogP contribution in [0.5, 0.6) is 0 Å². The summed E-state index contributed by atoms with van der Waals surface area (Å²) in [5, 5.41) is 1.43. The zero-order chi connectivity index (χ0) is 18.8. The van der Waals surface area contributed by atoms with Gasteiger partial charge in [0.05, 0.1) is 18.7 Å². The average molecular weight is 404 g/mol. The molecule has 2 aromatic carbocycles. The number of ether oxygens (including phenoxy) is 1. The van der Waals surface area contributed by atoms with Crippen molar-refractivity contribution in [2.75, 3.05) is 13.2 Å². The first-order valence-electron chi connectivity index (χ1n) is 9.53. The van der Waals surface area contributed by atoms with E-state index in [0.29, 0.717) is 18.1 Å². The monoisotopic (exact) mass is 403 g/mol. The number of carbonyl (C=O) groups is 1. The van der Waals surface area contributed by atoms with Crippen LogP contribution in [0.15, 0.2) is 48.5 Å². The van der Waals surface area contributed by atoms with Crippen molar-refractivity contribution in [3.05, 3.63) is 69.7 Å². The summed E-state index contributed by atoms with van der Waals surface area (Å²) in [7, 11) is 0. The Morgan fingerprint density at radius 3 is 2.48 bits per heavy atom. The van der Waals surface area contributed by atoms with Crippen molar-refractivity contribution >= 4 is 29.1 Å². The topological polar surface area (TPSA) is 29.5 Å².